The molecule has 1 aromatic rings. The summed E-state index contributed by atoms with van der Waals surface area (Å²) in [5.41, 5.74) is 5.99. The van der Waals surface area contributed by atoms with Crippen molar-refractivity contribution in [2.24, 2.45) is 12.2 Å². The van der Waals surface area contributed by atoms with Gasteiger partial charge in [0, 0.05) is 7.05 Å². The van der Waals surface area contributed by atoms with Crippen LogP contribution in [0, 0.1) is 0 Å². The topological polar surface area (TPSA) is 76.4 Å². The number of oxime groups is 1. The van der Waals surface area contributed by atoms with Crippen molar-refractivity contribution in [1.82, 2.24) is 9.55 Å². The SMILES string of the molecule is Cn1cnc(N)c1C=NO. The minimum Gasteiger partial charge on any atom is -0.411 e. The Labute approximate surface area is 57.8 Å². The number of hydrogen-bond donors (Lipinski definition) is 2. The molecule has 0 aromatic carbocycles. The second-order valence-corrected chi connectivity index (χ2v) is 1.87. The van der Waals surface area contributed by atoms with Crippen LogP contribution in [-0.4, -0.2) is 21.0 Å². The molecule has 0 atom stereocenters. The van der Waals surface area contributed by atoms with Crippen LogP contribution in [0.15, 0.2) is 11.5 Å². The number of imidazole rings is 1. The van der Waals surface area contributed by atoms with Gasteiger partial charge in [0.25, 0.3) is 0 Å². The highest BCUT2D eigenvalue weighted by atomic mass is 16.4. The van der Waals surface area contributed by atoms with E-state index in [9.17, 15) is 0 Å². The van der Waals surface area contributed by atoms with Crippen LogP contribution in [-0.2, 0) is 7.05 Å². The maximum absolute atomic E-state index is 8.16. The van der Waals surface area contributed by atoms with Gasteiger partial charge in [-0.1, -0.05) is 5.16 Å². The minimum absolute atomic E-state index is 0.361. The van der Waals surface area contributed by atoms with E-state index >= 15 is 0 Å². The third-order valence-corrected chi connectivity index (χ3v) is 1.19. The van der Waals surface area contributed by atoms with Gasteiger partial charge in [-0.05, 0) is 0 Å². The molecule has 10 heavy (non-hydrogen) atoms. The van der Waals surface area contributed by atoms with Crippen molar-refractivity contribution in [3.63, 3.8) is 0 Å². The number of nitrogens with two attached hydrogens (primary N) is 1. The molecule has 0 saturated heterocycles. The van der Waals surface area contributed by atoms with Crippen LogP contribution >= 0.6 is 0 Å². The zero-order valence-electron chi connectivity index (χ0n) is 5.52. The lowest BCUT2D eigenvalue weighted by atomic mass is 10.5. The maximum atomic E-state index is 8.16. The van der Waals surface area contributed by atoms with Crippen LogP contribution in [0.3, 0.4) is 0 Å². The van der Waals surface area contributed by atoms with Crippen LogP contribution < -0.4 is 5.73 Å². The maximum Gasteiger partial charge on any atom is 0.150 e. The van der Waals surface area contributed by atoms with Gasteiger partial charge in [-0.3, -0.25) is 0 Å². The lowest BCUT2D eigenvalue weighted by molar-refractivity contribution is 0.321. The van der Waals surface area contributed by atoms with Crippen molar-refractivity contribution in [1.29, 1.82) is 0 Å². The second kappa shape index (κ2) is 2.38. The van der Waals surface area contributed by atoms with E-state index in [0.717, 1.165) is 0 Å². The van der Waals surface area contributed by atoms with E-state index in [4.69, 9.17) is 10.9 Å². The van der Waals surface area contributed by atoms with Crippen molar-refractivity contribution in [2.45, 2.75) is 0 Å². The molecule has 1 heterocycles. The summed E-state index contributed by atoms with van der Waals surface area (Å²) in [7, 11) is 1.76. The molecule has 0 saturated carbocycles. The summed E-state index contributed by atoms with van der Waals surface area (Å²) in [6.07, 6.45) is 2.79. The first kappa shape index (κ1) is 6.60. The summed E-state index contributed by atoms with van der Waals surface area (Å²) < 4.78 is 1.66. The first-order valence-electron chi connectivity index (χ1n) is 2.70. The molecule has 0 aliphatic rings. The summed E-state index contributed by atoms with van der Waals surface area (Å²) in [5, 5.41) is 11.0. The van der Waals surface area contributed by atoms with Gasteiger partial charge >= 0.3 is 0 Å². The van der Waals surface area contributed by atoms with E-state index in [1.54, 1.807) is 17.9 Å². The molecule has 0 unspecified atom stereocenters. The number of nitrogens with zero attached hydrogens (tertiary/aromatic N) is 3. The molecule has 54 valence electrons. The number of nitrogen functional groups attached to an aromatic ring is 1. The molecule has 0 radical (unpaired) electrons. The largest absolute Gasteiger partial charge is 0.411 e. The van der Waals surface area contributed by atoms with E-state index in [2.05, 4.69) is 10.1 Å². The number of hydrogen-bond acceptors (Lipinski definition) is 4. The Morgan fingerprint density at radius 3 is 3.00 bits per heavy atom. The van der Waals surface area contributed by atoms with E-state index < -0.39 is 0 Å². The summed E-state index contributed by atoms with van der Waals surface area (Å²) >= 11 is 0. The second-order valence-electron chi connectivity index (χ2n) is 1.87. The normalized spacial score (nSPS) is 10.9. The Kier molecular flexibility index (Phi) is 1.57. The molecule has 1 rings (SSSR count). The standard InChI is InChI=1S/C5H8N4O/c1-9-3-7-5(6)4(9)2-8-10/h2-3,10H,6H2,1H3. The van der Waals surface area contributed by atoms with Gasteiger partial charge in [-0.15, -0.1) is 0 Å². The molecule has 5 nitrogen and oxygen atoms in total. The molecule has 0 spiro atoms. The van der Waals surface area contributed by atoms with E-state index in [-0.39, 0.29) is 0 Å². The van der Waals surface area contributed by atoms with Gasteiger partial charge in [-0.25, -0.2) is 4.98 Å². The van der Waals surface area contributed by atoms with Crippen LogP contribution in [0.2, 0.25) is 0 Å². The van der Waals surface area contributed by atoms with Crippen molar-refractivity contribution < 1.29 is 5.21 Å². The fourth-order valence-corrected chi connectivity index (χ4v) is 0.670. The van der Waals surface area contributed by atoms with E-state index in [0.29, 0.717) is 11.5 Å². The quantitative estimate of drug-likeness (QED) is 0.322. The lowest BCUT2D eigenvalue weighted by Crippen LogP contribution is -1.97. The molecule has 0 aliphatic carbocycles. The van der Waals surface area contributed by atoms with Gasteiger partial charge in [-0.2, -0.15) is 0 Å². The summed E-state index contributed by atoms with van der Waals surface area (Å²) in [4.78, 5) is 3.77. The van der Waals surface area contributed by atoms with E-state index in [1.165, 1.54) is 6.21 Å². The minimum atomic E-state index is 0.361. The Balaban J connectivity index is 3.10. The molecule has 5 heteroatoms. The molecule has 3 N–H and O–H groups in total. The highest BCUT2D eigenvalue weighted by Crippen LogP contribution is 2.03. The van der Waals surface area contributed by atoms with Gasteiger partial charge in [0.05, 0.1) is 12.5 Å². The molecule has 0 amide bonds. The molecule has 0 fully saturated rings. The van der Waals surface area contributed by atoms with Crippen LogP contribution in [0.4, 0.5) is 5.82 Å². The van der Waals surface area contributed by atoms with Gasteiger partial charge in [0.15, 0.2) is 5.82 Å². The predicted molar refractivity (Wildman–Crippen MR) is 37.0 cm³/mol. The lowest BCUT2D eigenvalue weighted by Gasteiger charge is -1.92. The molecule has 0 aliphatic heterocycles. The summed E-state index contributed by atoms with van der Waals surface area (Å²) in [6.45, 7) is 0. The molecular weight excluding hydrogens is 132 g/mol. The third-order valence-electron chi connectivity index (χ3n) is 1.19. The molecule has 1 aromatic heterocycles. The highest BCUT2D eigenvalue weighted by molar-refractivity contribution is 5.82. The average Bonchev–Trinajstić information content (AvgIpc) is 2.20. The fraction of sp³-hybridized carbons (Fsp3) is 0.200. The predicted octanol–water partition coefficient (Wildman–Crippen LogP) is -0.190. The van der Waals surface area contributed by atoms with Gasteiger partial charge < -0.3 is 15.5 Å². The third kappa shape index (κ3) is 0.928. The summed E-state index contributed by atoms with van der Waals surface area (Å²) in [5.74, 6) is 0.361. The van der Waals surface area contributed by atoms with Crippen LogP contribution in [0.25, 0.3) is 0 Å². The monoisotopic (exact) mass is 140 g/mol. The van der Waals surface area contributed by atoms with Gasteiger partial charge in [0.2, 0.25) is 0 Å². The summed E-state index contributed by atoms with van der Waals surface area (Å²) in [6, 6.07) is 0. The number of aryl methyl sites for hydroxylation is 1. The van der Waals surface area contributed by atoms with Crippen molar-refractivity contribution in [3.05, 3.63) is 12.0 Å². The Morgan fingerprint density at radius 1 is 1.90 bits per heavy atom. The highest BCUT2D eigenvalue weighted by Gasteiger charge is 2.00. The van der Waals surface area contributed by atoms with Crippen molar-refractivity contribution in [2.75, 3.05) is 5.73 Å². The number of aromatic nitrogens is 2. The number of rotatable bonds is 1. The molecular formula is C5H8N4O. The zero-order valence-corrected chi connectivity index (χ0v) is 5.52. The first-order chi connectivity index (χ1) is 4.75. The van der Waals surface area contributed by atoms with Crippen LogP contribution in [0.5, 0.6) is 0 Å². The van der Waals surface area contributed by atoms with Crippen molar-refractivity contribution >= 4 is 12.0 Å². The average molecular weight is 140 g/mol. The smallest absolute Gasteiger partial charge is 0.150 e. The first-order valence-corrected chi connectivity index (χ1v) is 2.70. The Hall–Kier alpha value is -1.52. The van der Waals surface area contributed by atoms with Gasteiger partial charge in [0.1, 0.15) is 5.69 Å². The zero-order chi connectivity index (χ0) is 7.56. The fourth-order valence-electron chi connectivity index (χ4n) is 0.670. The van der Waals surface area contributed by atoms with E-state index in [1.807, 2.05) is 0 Å². The van der Waals surface area contributed by atoms with Crippen molar-refractivity contribution in [3.8, 4) is 0 Å². The van der Waals surface area contributed by atoms with Crippen LogP contribution in [0.1, 0.15) is 5.69 Å². The molecule has 0 bridgehead atoms. The Morgan fingerprint density at radius 2 is 2.60 bits per heavy atom. The number of anilines is 1. The Bertz CT molecular complexity index is 233.